The van der Waals surface area contributed by atoms with Crippen molar-refractivity contribution in [2.24, 2.45) is 0 Å². The maximum atomic E-state index is 11.8. The average Bonchev–Trinajstić information content (AvgIpc) is 2.69. The molecule has 0 saturated carbocycles. The summed E-state index contributed by atoms with van der Waals surface area (Å²) >= 11 is 0. The standard InChI is InChI=1S/C22H31N5O2/c1-5-29-21(28)27-12-10-18(11-13-27)26-20-14-19(23-15-24-20)25-17-8-6-16(7-9-17)22(2,3)4/h6-9,14-15,18H,5,10-13H2,1-4H3,(H2,23,24,25,26). The molecule has 0 spiro atoms. The number of carbonyl (C=O) groups excluding carboxylic acids is 1. The summed E-state index contributed by atoms with van der Waals surface area (Å²) in [4.78, 5) is 22.2. The molecule has 0 radical (unpaired) electrons. The van der Waals surface area contributed by atoms with Crippen molar-refractivity contribution in [1.82, 2.24) is 14.9 Å². The van der Waals surface area contributed by atoms with Gasteiger partial charge in [-0.2, -0.15) is 0 Å². The van der Waals surface area contributed by atoms with Crippen LogP contribution in [-0.2, 0) is 10.2 Å². The molecule has 0 aliphatic carbocycles. The van der Waals surface area contributed by atoms with E-state index in [9.17, 15) is 4.79 Å². The highest BCUT2D eigenvalue weighted by molar-refractivity contribution is 5.67. The van der Waals surface area contributed by atoms with Gasteiger partial charge in [0.15, 0.2) is 0 Å². The molecule has 156 valence electrons. The maximum Gasteiger partial charge on any atom is 0.409 e. The van der Waals surface area contributed by atoms with Crippen molar-refractivity contribution in [2.45, 2.75) is 52.0 Å². The number of anilines is 3. The number of nitrogens with one attached hydrogen (secondary N) is 2. The van der Waals surface area contributed by atoms with Crippen molar-refractivity contribution in [3.8, 4) is 0 Å². The summed E-state index contributed by atoms with van der Waals surface area (Å²) in [6, 6.07) is 10.6. The first-order valence-corrected chi connectivity index (χ1v) is 10.2. The highest BCUT2D eigenvalue weighted by Gasteiger charge is 2.23. The molecule has 0 bridgehead atoms. The van der Waals surface area contributed by atoms with Crippen LogP contribution in [0.15, 0.2) is 36.7 Å². The maximum absolute atomic E-state index is 11.8. The molecule has 0 unspecified atom stereocenters. The number of rotatable bonds is 5. The van der Waals surface area contributed by atoms with Gasteiger partial charge in [-0.3, -0.25) is 0 Å². The number of benzene rings is 1. The van der Waals surface area contributed by atoms with Gasteiger partial charge in [0.2, 0.25) is 0 Å². The Morgan fingerprint density at radius 1 is 1.14 bits per heavy atom. The minimum Gasteiger partial charge on any atom is -0.450 e. The van der Waals surface area contributed by atoms with Gasteiger partial charge in [-0.15, -0.1) is 0 Å². The second kappa shape index (κ2) is 9.11. The zero-order valence-corrected chi connectivity index (χ0v) is 17.7. The van der Waals surface area contributed by atoms with E-state index in [0.29, 0.717) is 19.7 Å². The van der Waals surface area contributed by atoms with E-state index >= 15 is 0 Å². The fourth-order valence-corrected chi connectivity index (χ4v) is 3.34. The first-order chi connectivity index (χ1) is 13.8. The van der Waals surface area contributed by atoms with Gasteiger partial charge in [-0.1, -0.05) is 32.9 Å². The van der Waals surface area contributed by atoms with E-state index in [1.165, 1.54) is 5.56 Å². The van der Waals surface area contributed by atoms with E-state index in [1.807, 2.05) is 13.0 Å². The van der Waals surface area contributed by atoms with Crippen molar-refractivity contribution < 1.29 is 9.53 Å². The second-order valence-corrected chi connectivity index (χ2v) is 8.35. The van der Waals surface area contributed by atoms with E-state index < -0.39 is 0 Å². The third kappa shape index (κ3) is 5.82. The molecule has 1 aromatic heterocycles. The van der Waals surface area contributed by atoms with E-state index in [0.717, 1.165) is 30.2 Å². The Balaban J connectivity index is 1.56. The SMILES string of the molecule is CCOC(=O)N1CCC(Nc2cc(Nc3ccc(C(C)(C)C)cc3)ncn2)CC1. The predicted octanol–water partition coefficient (Wildman–Crippen LogP) is 4.55. The lowest BCUT2D eigenvalue weighted by molar-refractivity contribution is 0.0983. The van der Waals surface area contributed by atoms with Gasteiger partial charge >= 0.3 is 6.09 Å². The van der Waals surface area contributed by atoms with Crippen LogP contribution in [0.1, 0.15) is 46.1 Å². The molecule has 1 aliphatic rings. The molecule has 1 aliphatic heterocycles. The lowest BCUT2D eigenvalue weighted by Gasteiger charge is -2.31. The van der Waals surface area contributed by atoms with Crippen LogP contribution in [-0.4, -0.2) is 46.7 Å². The Morgan fingerprint density at radius 3 is 2.41 bits per heavy atom. The monoisotopic (exact) mass is 397 g/mol. The van der Waals surface area contributed by atoms with Crippen molar-refractivity contribution in [3.05, 3.63) is 42.2 Å². The molecule has 2 heterocycles. The quantitative estimate of drug-likeness (QED) is 0.770. The summed E-state index contributed by atoms with van der Waals surface area (Å²) in [5, 5.41) is 6.79. The van der Waals surface area contributed by atoms with Crippen molar-refractivity contribution >= 4 is 23.4 Å². The minimum atomic E-state index is -0.225. The van der Waals surface area contributed by atoms with Crippen LogP contribution in [0.25, 0.3) is 0 Å². The molecule has 2 N–H and O–H groups in total. The molecule has 7 nitrogen and oxygen atoms in total. The van der Waals surface area contributed by atoms with E-state index in [4.69, 9.17) is 4.74 Å². The molecule has 1 fully saturated rings. The number of aromatic nitrogens is 2. The summed E-state index contributed by atoms with van der Waals surface area (Å²) in [5.41, 5.74) is 2.42. The number of likely N-dealkylation sites (tertiary alicyclic amines) is 1. The number of carbonyl (C=O) groups is 1. The highest BCUT2D eigenvalue weighted by atomic mass is 16.6. The van der Waals surface area contributed by atoms with Gasteiger partial charge in [0, 0.05) is 30.9 Å². The van der Waals surface area contributed by atoms with Crippen molar-refractivity contribution in [1.29, 1.82) is 0 Å². The molecule has 1 amide bonds. The van der Waals surface area contributed by atoms with Gasteiger partial charge in [-0.05, 0) is 42.9 Å². The molecule has 0 atom stereocenters. The largest absolute Gasteiger partial charge is 0.450 e. The van der Waals surface area contributed by atoms with Gasteiger partial charge in [0.25, 0.3) is 0 Å². The van der Waals surface area contributed by atoms with E-state index in [2.05, 4.69) is 65.6 Å². The normalized spacial score (nSPS) is 15.1. The van der Waals surface area contributed by atoms with Crippen LogP contribution in [0.3, 0.4) is 0 Å². The van der Waals surface area contributed by atoms with Crippen LogP contribution in [0.5, 0.6) is 0 Å². The summed E-state index contributed by atoms with van der Waals surface area (Å²) in [6.45, 7) is 10.2. The van der Waals surface area contributed by atoms with Gasteiger partial charge in [0.1, 0.15) is 18.0 Å². The molecular formula is C22H31N5O2. The smallest absolute Gasteiger partial charge is 0.409 e. The zero-order chi connectivity index (χ0) is 20.9. The lowest BCUT2D eigenvalue weighted by atomic mass is 9.87. The van der Waals surface area contributed by atoms with Gasteiger partial charge in [-0.25, -0.2) is 14.8 Å². The molecule has 1 aromatic carbocycles. The average molecular weight is 398 g/mol. The summed E-state index contributed by atoms with van der Waals surface area (Å²) in [7, 11) is 0. The fourth-order valence-electron chi connectivity index (χ4n) is 3.34. The number of nitrogens with zero attached hydrogens (tertiary/aromatic N) is 3. The number of hydrogen-bond acceptors (Lipinski definition) is 6. The molecular weight excluding hydrogens is 366 g/mol. The van der Waals surface area contributed by atoms with Crippen LogP contribution in [0.4, 0.5) is 22.1 Å². The Bertz CT molecular complexity index is 809. The summed E-state index contributed by atoms with van der Waals surface area (Å²) < 4.78 is 5.07. The fraction of sp³-hybridized carbons (Fsp3) is 0.500. The third-order valence-electron chi connectivity index (χ3n) is 5.06. The van der Waals surface area contributed by atoms with Crippen LogP contribution >= 0.6 is 0 Å². The van der Waals surface area contributed by atoms with E-state index in [1.54, 1.807) is 11.2 Å². The zero-order valence-electron chi connectivity index (χ0n) is 17.7. The Kier molecular flexibility index (Phi) is 6.56. The number of ether oxygens (including phenoxy) is 1. The van der Waals surface area contributed by atoms with Gasteiger partial charge < -0.3 is 20.3 Å². The first kappa shape index (κ1) is 20.9. The number of amides is 1. The van der Waals surface area contributed by atoms with Crippen molar-refractivity contribution in [3.63, 3.8) is 0 Å². The minimum absolute atomic E-state index is 0.132. The molecule has 1 saturated heterocycles. The summed E-state index contributed by atoms with van der Waals surface area (Å²) in [5.74, 6) is 1.53. The summed E-state index contributed by atoms with van der Waals surface area (Å²) in [6.07, 6.45) is 3.05. The second-order valence-electron chi connectivity index (χ2n) is 8.35. The van der Waals surface area contributed by atoms with Crippen molar-refractivity contribution in [2.75, 3.05) is 30.3 Å². The third-order valence-corrected chi connectivity index (χ3v) is 5.06. The molecule has 3 rings (SSSR count). The van der Waals surface area contributed by atoms with Crippen LogP contribution in [0.2, 0.25) is 0 Å². The van der Waals surface area contributed by atoms with Crippen LogP contribution in [0, 0.1) is 0 Å². The first-order valence-electron chi connectivity index (χ1n) is 10.2. The topological polar surface area (TPSA) is 79.4 Å². The Morgan fingerprint density at radius 2 is 1.79 bits per heavy atom. The predicted molar refractivity (Wildman–Crippen MR) is 116 cm³/mol. The highest BCUT2D eigenvalue weighted by Crippen LogP contribution is 2.25. The Labute approximate surface area is 172 Å². The van der Waals surface area contributed by atoms with Crippen LogP contribution < -0.4 is 10.6 Å². The van der Waals surface area contributed by atoms with E-state index in [-0.39, 0.29) is 17.6 Å². The number of piperidine rings is 1. The van der Waals surface area contributed by atoms with Gasteiger partial charge in [0.05, 0.1) is 6.61 Å². The molecule has 7 heteroatoms. The molecule has 29 heavy (non-hydrogen) atoms. The Hall–Kier alpha value is -2.83. The molecule has 2 aromatic rings. The number of hydrogen-bond donors (Lipinski definition) is 2. The lowest BCUT2D eigenvalue weighted by Crippen LogP contribution is -2.42.